The molecule has 7 nitrogen and oxygen atoms in total. The highest BCUT2D eigenvalue weighted by Gasteiger charge is 2.22. The number of carbonyl (C=O) groups is 1. The minimum Gasteiger partial charge on any atom is -0.359 e. The van der Waals surface area contributed by atoms with Crippen LogP contribution in [0.4, 0.5) is 0 Å². The third-order valence-electron chi connectivity index (χ3n) is 4.33. The first-order chi connectivity index (χ1) is 13.6. The average Bonchev–Trinajstić information content (AvgIpc) is 3.10. The van der Waals surface area contributed by atoms with Gasteiger partial charge >= 0.3 is 0 Å². The molecule has 0 saturated heterocycles. The summed E-state index contributed by atoms with van der Waals surface area (Å²) in [5.41, 5.74) is 0.565. The molecule has 0 bridgehead atoms. The van der Waals surface area contributed by atoms with Crippen molar-refractivity contribution in [2.24, 2.45) is 0 Å². The number of carbonyl (C=O) groups excluding carboxylic acids is 1. The van der Waals surface area contributed by atoms with E-state index in [1.165, 1.54) is 18.8 Å². The Kier molecular flexibility index (Phi) is 6.00. The van der Waals surface area contributed by atoms with E-state index in [2.05, 4.69) is 36.3 Å². The van der Waals surface area contributed by atoms with Crippen LogP contribution in [0.2, 0.25) is 0 Å². The Hall–Kier alpha value is -2.39. The van der Waals surface area contributed by atoms with Crippen LogP contribution in [0, 0.1) is 0 Å². The average molecular weight is 433 g/mol. The summed E-state index contributed by atoms with van der Waals surface area (Å²) in [7, 11) is -2.10. The number of hydrogen-bond acceptors (Lipinski definition) is 6. The molecule has 154 valence electrons. The number of rotatable bonds is 6. The standard InChI is InChI=1S/C20H24N4O3S2/c1-20(2,3)19-23-22-17-10-9-14(13-24(17)19)28-15-7-5-6-8-16(15)29(26,27)12-11-18(25)21-4/h5-10,13H,11-12H2,1-4H3,(H,21,25). The van der Waals surface area contributed by atoms with E-state index in [9.17, 15) is 13.2 Å². The maximum absolute atomic E-state index is 12.8. The molecule has 3 rings (SSSR count). The number of pyridine rings is 1. The van der Waals surface area contributed by atoms with Gasteiger partial charge in [-0.15, -0.1) is 10.2 Å². The SMILES string of the molecule is CNC(=O)CCS(=O)(=O)c1ccccc1Sc1ccc2nnc(C(C)(C)C)n2c1. The predicted molar refractivity (Wildman–Crippen MR) is 113 cm³/mol. The zero-order valence-electron chi connectivity index (χ0n) is 16.8. The third kappa shape index (κ3) is 4.79. The van der Waals surface area contributed by atoms with Crippen LogP contribution in [0.15, 0.2) is 57.3 Å². The molecule has 1 aromatic carbocycles. The summed E-state index contributed by atoms with van der Waals surface area (Å²) in [5.74, 6) is 0.302. The highest BCUT2D eigenvalue weighted by atomic mass is 32.2. The summed E-state index contributed by atoms with van der Waals surface area (Å²) in [4.78, 5) is 13.2. The van der Waals surface area contributed by atoms with Crippen LogP contribution >= 0.6 is 11.8 Å². The van der Waals surface area contributed by atoms with Gasteiger partial charge in [0, 0.05) is 34.9 Å². The molecule has 1 N–H and O–H groups in total. The highest BCUT2D eigenvalue weighted by Crippen LogP contribution is 2.34. The lowest BCUT2D eigenvalue weighted by atomic mass is 9.96. The zero-order chi connectivity index (χ0) is 21.2. The van der Waals surface area contributed by atoms with Crippen molar-refractivity contribution < 1.29 is 13.2 Å². The second-order valence-electron chi connectivity index (χ2n) is 7.66. The molecule has 0 radical (unpaired) electrons. The molecule has 29 heavy (non-hydrogen) atoms. The summed E-state index contributed by atoms with van der Waals surface area (Å²) in [5, 5.41) is 11.0. The van der Waals surface area contributed by atoms with Gasteiger partial charge in [0.1, 0.15) is 5.82 Å². The molecule has 9 heteroatoms. The van der Waals surface area contributed by atoms with Crippen molar-refractivity contribution in [1.29, 1.82) is 0 Å². The molecular weight excluding hydrogens is 408 g/mol. The molecule has 0 unspecified atom stereocenters. The predicted octanol–water partition coefficient (Wildman–Crippen LogP) is 3.09. The lowest BCUT2D eigenvalue weighted by molar-refractivity contribution is -0.120. The quantitative estimate of drug-likeness (QED) is 0.643. The van der Waals surface area contributed by atoms with Crippen LogP contribution in [0.3, 0.4) is 0 Å². The number of amides is 1. The lowest BCUT2D eigenvalue weighted by Gasteiger charge is -2.16. The summed E-state index contributed by atoms with van der Waals surface area (Å²) < 4.78 is 27.5. The van der Waals surface area contributed by atoms with Gasteiger partial charge in [0.05, 0.1) is 10.6 Å². The number of aromatic nitrogens is 3. The van der Waals surface area contributed by atoms with Crippen LogP contribution in [-0.4, -0.2) is 41.7 Å². The summed E-state index contributed by atoms with van der Waals surface area (Å²) >= 11 is 1.36. The zero-order valence-corrected chi connectivity index (χ0v) is 18.5. The summed E-state index contributed by atoms with van der Waals surface area (Å²) in [6.45, 7) is 6.20. The maximum Gasteiger partial charge on any atom is 0.220 e. The van der Waals surface area contributed by atoms with E-state index in [0.29, 0.717) is 4.90 Å². The highest BCUT2D eigenvalue weighted by molar-refractivity contribution is 8.00. The normalized spacial score (nSPS) is 12.3. The van der Waals surface area contributed by atoms with Gasteiger partial charge < -0.3 is 5.32 Å². The van der Waals surface area contributed by atoms with Gasteiger partial charge in [0.2, 0.25) is 5.91 Å². The molecule has 0 fully saturated rings. The fourth-order valence-corrected chi connectivity index (χ4v) is 5.53. The van der Waals surface area contributed by atoms with Crippen LogP contribution in [0.1, 0.15) is 33.0 Å². The van der Waals surface area contributed by atoms with Crippen LogP contribution in [0.25, 0.3) is 5.65 Å². The van der Waals surface area contributed by atoms with Gasteiger partial charge in [0.25, 0.3) is 0 Å². The maximum atomic E-state index is 12.8. The van der Waals surface area contributed by atoms with Crippen LogP contribution < -0.4 is 5.32 Å². The third-order valence-corrected chi connectivity index (χ3v) is 7.28. The van der Waals surface area contributed by atoms with E-state index < -0.39 is 9.84 Å². The van der Waals surface area contributed by atoms with E-state index >= 15 is 0 Å². The molecule has 2 heterocycles. The fourth-order valence-electron chi connectivity index (χ4n) is 2.82. The van der Waals surface area contributed by atoms with Gasteiger partial charge in [0.15, 0.2) is 15.5 Å². The largest absolute Gasteiger partial charge is 0.359 e. The molecule has 0 aliphatic heterocycles. The Bertz CT molecular complexity index is 1150. The molecular formula is C20H24N4O3S2. The van der Waals surface area contributed by atoms with Gasteiger partial charge in [-0.3, -0.25) is 9.20 Å². The molecule has 0 spiro atoms. The molecule has 1 amide bonds. The van der Waals surface area contributed by atoms with Crippen molar-refractivity contribution in [3.63, 3.8) is 0 Å². The molecule has 0 aliphatic carbocycles. The van der Waals surface area contributed by atoms with Crippen molar-refractivity contribution in [1.82, 2.24) is 19.9 Å². The summed E-state index contributed by atoms with van der Waals surface area (Å²) in [6.07, 6.45) is 1.86. The van der Waals surface area contributed by atoms with E-state index in [1.807, 2.05) is 22.7 Å². The Labute approximate surface area is 174 Å². The van der Waals surface area contributed by atoms with Crippen LogP contribution in [0.5, 0.6) is 0 Å². The van der Waals surface area contributed by atoms with Gasteiger partial charge in [-0.2, -0.15) is 0 Å². The smallest absolute Gasteiger partial charge is 0.220 e. The van der Waals surface area contributed by atoms with Crippen molar-refractivity contribution in [2.45, 2.75) is 47.3 Å². The van der Waals surface area contributed by atoms with E-state index in [-0.39, 0.29) is 28.4 Å². The van der Waals surface area contributed by atoms with Crippen molar-refractivity contribution in [3.8, 4) is 0 Å². The topological polar surface area (TPSA) is 93.4 Å². The van der Waals surface area contributed by atoms with Gasteiger partial charge in [-0.25, -0.2) is 8.42 Å². The Morgan fingerprint density at radius 2 is 1.86 bits per heavy atom. The lowest BCUT2D eigenvalue weighted by Crippen LogP contribution is -2.21. The van der Waals surface area contributed by atoms with Crippen molar-refractivity contribution in [3.05, 3.63) is 48.4 Å². The molecule has 2 aromatic heterocycles. The number of benzene rings is 1. The fraction of sp³-hybridized carbons (Fsp3) is 0.350. The van der Waals surface area contributed by atoms with Crippen LogP contribution in [-0.2, 0) is 20.0 Å². The Morgan fingerprint density at radius 1 is 1.14 bits per heavy atom. The monoisotopic (exact) mass is 432 g/mol. The number of nitrogens with one attached hydrogen (secondary N) is 1. The van der Waals surface area contributed by atoms with Crippen molar-refractivity contribution >= 4 is 33.2 Å². The van der Waals surface area contributed by atoms with Gasteiger partial charge in [-0.05, 0) is 24.3 Å². The van der Waals surface area contributed by atoms with E-state index in [4.69, 9.17) is 0 Å². The first-order valence-corrected chi connectivity index (χ1v) is 11.6. The molecule has 0 aliphatic rings. The number of fused-ring (bicyclic) bond motifs is 1. The Morgan fingerprint density at radius 3 is 2.55 bits per heavy atom. The Balaban J connectivity index is 1.94. The second kappa shape index (κ2) is 8.16. The number of hydrogen-bond donors (Lipinski definition) is 1. The number of nitrogens with zero attached hydrogens (tertiary/aromatic N) is 3. The summed E-state index contributed by atoms with van der Waals surface area (Å²) in [6, 6.07) is 10.6. The second-order valence-corrected chi connectivity index (χ2v) is 10.9. The minimum atomic E-state index is -3.59. The minimum absolute atomic E-state index is 0.0700. The first kappa shape index (κ1) is 21.3. The van der Waals surface area contributed by atoms with Crippen molar-refractivity contribution in [2.75, 3.05) is 12.8 Å². The van der Waals surface area contributed by atoms with E-state index in [0.717, 1.165) is 16.4 Å². The molecule has 0 atom stereocenters. The molecule has 3 aromatic rings. The first-order valence-electron chi connectivity index (χ1n) is 9.17. The van der Waals surface area contributed by atoms with E-state index in [1.54, 1.807) is 24.3 Å². The number of sulfone groups is 1. The molecule has 0 saturated carbocycles. The van der Waals surface area contributed by atoms with Gasteiger partial charge in [-0.1, -0.05) is 44.7 Å².